The summed E-state index contributed by atoms with van der Waals surface area (Å²) < 4.78 is 19.8. The summed E-state index contributed by atoms with van der Waals surface area (Å²) in [5, 5.41) is 0. The molecular formula is C18H19N5O4. The van der Waals surface area contributed by atoms with Crippen LogP contribution in [0.25, 0.3) is 11.2 Å². The average molecular weight is 369 g/mol. The highest BCUT2D eigenvalue weighted by atomic mass is 16.7. The number of hydrogen-bond acceptors (Lipinski definition) is 7. The van der Waals surface area contributed by atoms with E-state index >= 15 is 0 Å². The summed E-state index contributed by atoms with van der Waals surface area (Å²) >= 11 is 0. The molecule has 140 valence electrons. The number of benzene rings is 1. The summed E-state index contributed by atoms with van der Waals surface area (Å²) in [4.78, 5) is 22.9. The molecule has 4 heterocycles. The molecule has 9 heteroatoms. The van der Waals surface area contributed by atoms with Crippen LogP contribution >= 0.6 is 0 Å². The third-order valence-corrected chi connectivity index (χ3v) is 5.05. The molecule has 1 aromatic carbocycles. The molecule has 5 rings (SSSR count). The molecule has 0 spiro atoms. The van der Waals surface area contributed by atoms with Gasteiger partial charge in [0, 0.05) is 5.56 Å². The van der Waals surface area contributed by atoms with Crippen LogP contribution in [-0.4, -0.2) is 44.9 Å². The zero-order valence-electron chi connectivity index (χ0n) is 14.4. The van der Waals surface area contributed by atoms with Crippen molar-refractivity contribution in [2.45, 2.75) is 31.0 Å². The second-order valence-corrected chi connectivity index (χ2v) is 6.79. The van der Waals surface area contributed by atoms with Gasteiger partial charge < -0.3 is 24.5 Å². The molecule has 2 aliphatic heterocycles. The lowest BCUT2D eigenvalue weighted by atomic mass is 10.0. The van der Waals surface area contributed by atoms with Crippen molar-refractivity contribution in [1.29, 1.82) is 0 Å². The lowest BCUT2D eigenvalue weighted by Gasteiger charge is -2.42. The number of imidazole rings is 1. The number of nitrogens with one attached hydrogen (secondary N) is 1. The monoisotopic (exact) mass is 369 g/mol. The summed E-state index contributed by atoms with van der Waals surface area (Å²) in [6.45, 7) is 0.941. The van der Waals surface area contributed by atoms with Crippen molar-refractivity contribution in [2.75, 3.05) is 18.9 Å². The Hall–Kier alpha value is -2.75. The number of hydrogen-bond donors (Lipinski definition) is 2. The molecular weight excluding hydrogens is 350 g/mol. The molecule has 2 aromatic heterocycles. The first-order chi connectivity index (χ1) is 13.2. The summed E-state index contributed by atoms with van der Waals surface area (Å²) in [6.07, 6.45) is 1.66. The van der Waals surface area contributed by atoms with E-state index < -0.39 is 6.29 Å². The predicted molar refractivity (Wildman–Crippen MR) is 96.0 cm³/mol. The van der Waals surface area contributed by atoms with E-state index in [9.17, 15) is 4.79 Å². The number of ether oxygens (including phenoxy) is 3. The molecule has 27 heavy (non-hydrogen) atoms. The minimum Gasteiger partial charge on any atom is -0.371 e. The molecule has 0 radical (unpaired) electrons. The Morgan fingerprint density at radius 3 is 2.85 bits per heavy atom. The number of aromatic amines is 1. The van der Waals surface area contributed by atoms with Crippen molar-refractivity contribution in [2.24, 2.45) is 0 Å². The molecule has 1 unspecified atom stereocenters. The van der Waals surface area contributed by atoms with Gasteiger partial charge in [-0.05, 0) is 6.42 Å². The second kappa shape index (κ2) is 6.45. The molecule has 2 fully saturated rings. The molecule has 9 nitrogen and oxygen atoms in total. The molecule has 2 saturated heterocycles. The Morgan fingerprint density at radius 1 is 1.15 bits per heavy atom. The maximum absolute atomic E-state index is 12.0. The van der Waals surface area contributed by atoms with Gasteiger partial charge in [-0.2, -0.15) is 4.98 Å². The van der Waals surface area contributed by atoms with Crippen LogP contribution in [0.1, 0.15) is 24.3 Å². The van der Waals surface area contributed by atoms with Crippen LogP contribution in [0.2, 0.25) is 0 Å². The van der Waals surface area contributed by atoms with Crippen LogP contribution in [0, 0.1) is 0 Å². The number of anilines is 1. The van der Waals surface area contributed by atoms with Crippen LogP contribution in [0.3, 0.4) is 0 Å². The van der Waals surface area contributed by atoms with E-state index in [4.69, 9.17) is 19.9 Å². The fraction of sp³-hybridized carbons (Fsp3) is 0.389. The number of fused-ring (bicyclic) bond motifs is 2. The van der Waals surface area contributed by atoms with Gasteiger partial charge >= 0.3 is 0 Å². The third-order valence-electron chi connectivity index (χ3n) is 5.05. The van der Waals surface area contributed by atoms with Gasteiger partial charge in [0.2, 0.25) is 5.95 Å². The quantitative estimate of drug-likeness (QED) is 0.696. The van der Waals surface area contributed by atoms with Crippen LogP contribution in [0.15, 0.2) is 41.5 Å². The summed E-state index contributed by atoms with van der Waals surface area (Å²) in [5.41, 5.74) is 7.04. The van der Waals surface area contributed by atoms with Gasteiger partial charge in [-0.1, -0.05) is 30.3 Å². The van der Waals surface area contributed by atoms with Crippen LogP contribution in [-0.2, 0) is 14.2 Å². The van der Waals surface area contributed by atoms with E-state index in [-0.39, 0.29) is 35.3 Å². The molecule has 3 N–H and O–H groups in total. The zero-order valence-corrected chi connectivity index (χ0v) is 14.4. The van der Waals surface area contributed by atoms with Gasteiger partial charge in [-0.25, -0.2) is 4.98 Å². The van der Waals surface area contributed by atoms with E-state index in [1.165, 1.54) is 0 Å². The van der Waals surface area contributed by atoms with E-state index in [0.29, 0.717) is 25.3 Å². The average Bonchev–Trinajstić information content (AvgIpc) is 3.12. The number of nitrogens with two attached hydrogens (primary N) is 1. The third kappa shape index (κ3) is 2.89. The van der Waals surface area contributed by atoms with Crippen LogP contribution in [0.4, 0.5) is 5.95 Å². The first-order valence-electron chi connectivity index (χ1n) is 8.85. The zero-order chi connectivity index (χ0) is 18.4. The van der Waals surface area contributed by atoms with E-state index in [1.54, 1.807) is 6.33 Å². The van der Waals surface area contributed by atoms with Gasteiger partial charge in [0.15, 0.2) is 17.5 Å². The molecule has 4 atom stereocenters. The number of nitrogen functional groups attached to an aromatic ring is 1. The van der Waals surface area contributed by atoms with Gasteiger partial charge in [-0.15, -0.1) is 0 Å². The van der Waals surface area contributed by atoms with Gasteiger partial charge in [0.05, 0.1) is 31.7 Å². The first kappa shape index (κ1) is 16.4. The van der Waals surface area contributed by atoms with Crippen molar-refractivity contribution in [3.05, 3.63) is 52.6 Å². The number of nitrogens with zero attached hydrogens (tertiary/aromatic N) is 3. The molecule has 3 aromatic rings. The van der Waals surface area contributed by atoms with Crippen molar-refractivity contribution in [3.8, 4) is 0 Å². The fourth-order valence-corrected chi connectivity index (χ4v) is 3.70. The number of aromatic nitrogens is 4. The van der Waals surface area contributed by atoms with E-state index in [1.807, 2.05) is 34.9 Å². The highest BCUT2D eigenvalue weighted by Crippen LogP contribution is 2.35. The van der Waals surface area contributed by atoms with E-state index in [0.717, 1.165) is 5.56 Å². The Morgan fingerprint density at radius 2 is 2.00 bits per heavy atom. The molecule has 0 amide bonds. The van der Waals surface area contributed by atoms with Crippen LogP contribution < -0.4 is 11.3 Å². The highest BCUT2D eigenvalue weighted by Gasteiger charge is 2.39. The maximum atomic E-state index is 12.0. The summed E-state index contributed by atoms with van der Waals surface area (Å²) in [5.74, 6) is 0.0651. The predicted octanol–water partition coefficient (Wildman–Crippen LogP) is 1.15. The van der Waals surface area contributed by atoms with Gasteiger partial charge in [-0.3, -0.25) is 9.78 Å². The van der Waals surface area contributed by atoms with Crippen molar-refractivity contribution < 1.29 is 14.2 Å². The number of rotatable bonds is 2. The Labute approximate surface area is 154 Å². The minimum absolute atomic E-state index is 0.0560. The first-order valence-corrected chi connectivity index (χ1v) is 8.85. The standard InChI is InChI=1S/C18H19N5O4/c19-18-21-15-14(16(24)22-18)20-9-23(15)11-6-12-13(25-7-11)8-26-17(27-12)10-4-2-1-3-5-10/h1-5,9,11-13,17H,6-8H2,(H3,19,21,22,24)/t11-,12-,13+,17?/m0/s1. The van der Waals surface area contributed by atoms with Gasteiger partial charge in [0.25, 0.3) is 5.56 Å². The molecule has 0 aliphatic carbocycles. The Bertz CT molecular complexity index is 1020. The van der Waals surface area contributed by atoms with Crippen molar-refractivity contribution in [1.82, 2.24) is 19.5 Å². The normalized spacial score (nSPS) is 28.1. The SMILES string of the molecule is Nc1nc2c(ncn2[C@@H]2CO[C@@H]3COC(c4ccccc4)O[C@H]3C2)c(=O)[nH]1. The summed E-state index contributed by atoms with van der Waals surface area (Å²) in [6, 6.07) is 9.78. The van der Waals surface area contributed by atoms with Gasteiger partial charge in [0.1, 0.15) is 6.10 Å². The van der Waals surface area contributed by atoms with Crippen molar-refractivity contribution >= 4 is 17.1 Å². The molecule has 2 aliphatic rings. The lowest BCUT2D eigenvalue weighted by Crippen LogP contribution is -2.47. The van der Waals surface area contributed by atoms with Crippen molar-refractivity contribution in [3.63, 3.8) is 0 Å². The maximum Gasteiger partial charge on any atom is 0.280 e. The highest BCUT2D eigenvalue weighted by molar-refractivity contribution is 5.70. The van der Waals surface area contributed by atoms with Crippen LogP contribution in [0.5, 0.6) is 0 Å². The lowest BCUT2D eigenvalue weighted by molar-refractivity contribution is -0.282. The largest absolute Gasteiger partial charge is 0.371 e. The fourth-order valence-electron chi connectivity index (χ4n) is 3.70. The van der Waals surface area contributed by atoms with E-state index in [2.05, 4.69) is 15.0 Å². The minimum atomic E-state index is -0.411. The molecule has 0 saturated carbocycles. The number of H-pyrrole nitrogens is 1. The molecule has 0 bridgehead atoms. The Balaban J connectivity index is 1.40. The summed E-state index contributed by atoms with van der Waals surface area (Å²) in [7, 11) is 0. The Kier molecular flexibility index (Phi) is 3.92. The topological polar surface area (TPSA) is 117 Å². The smallest absolute Gasteiger partial charge is 0.280 e. The second-order valence-electron chi connectivity index (χ2n) is 6.79.